The molecule has 2 aromatic carbocycles. The second kappa shape index (κ2) is 9.62. The number of aromatic nitrogens is 3. The lowest BCUT2D eigenvalue weighted by Gasteiger charge is -2.30. The Morgan fingerprint density at radius 3 is 2.44 bits per heavy atom. The summed E-state index contributed by atoms with van der Waals surface area (Å²) in [4.78, 5) is 16.9. The molecule has 0 unspecified atom stereocenters. The Morgan fingerprint density at radius 1 is 1.06 bits per heavy atom. The highest BCUT2D eigenvalue weighted by Gasteiger charge is 2.29. The highest BCUT2D eigenvalue weighted by Crippen LogP contribution is 2.26. The molecular formula is C23H27N5O3S. The molecule has 1 heterocycles. The number of benzene rings is 2. The van der Waals surface area contributed by atoms with E-state index >= 15 is 0 Å². The molecular weight excluding hydrogens is 426 g/mol. The molecule has 0 aliphatic heterocycles. The maximum atomic E-state index is 13.0. The molecule has 1 amide bonds. The van der Waals surface area contributed by atoms with Crippen LogP contribution in [0.25, 0.3) is 0 Å². The normalized spacial score (nSPS) is 15.1. The number of amides is 1. The van der Waals surface area contributed by atoms with Gasteiger partial charge in [-0.25, -0.2) is 18.1 Å². The van der Waals surface area contributed by atoms with E-state index in [1.165, 1.54) is 28.6 Å². The average Bonchev–Trinajstić information content (AvgIpc) is 3.26. The monoisotopic (exact) mass is 453 g/mol. The van der Waals surface area contributed by atoms with Gasteiger partial charge in [-0.2, -0.15) is 4.31 Å². The van der Waals surface area contributed by atoms with E-state index in [9.17, 15) is 13.2 Å². The third kappa shape index (κ3) is 5.05. The van der Waals surface area contributed by atoms with Crippen molar-refractivity contribution >= 4 is 21.9 Å². The molecule has 1 aliphatic rings. The van der Waals surface area contributed by atoms with Crippen molar-refractivity contribution in [1.29, 1.82) is 0 Å². The molecule has 0 atom stereocenters. The lowest BCUT2D eigenvalue weighted by Crippen LogP contribution is -2.38. The van der Waals surface area contributed by atoms with Gasteiger partial charge in [-0.1, -0.05) is 49.6 Å². The van der Waals surface area contributed by atoms with Crippen LogP contribution in [0.2, 0.25) is 0 Å². The summed E-state index contributed by atoms with van der Waals surface area (Å²) < 4.78 is 29.0. The predicted octanol–water partition coefficient (Wildman–Crippen LogP) is 3.53. The number of nitrogens with one attached hydrogen (secondary N) is 1. The minimum atomic E-state index is -3.59. The van der Waals surface area contributed by atoms with Crippen molar-refractivity contribution < 1.29 is 13.2 Å². The molecule has 1 N–H and O–H groups in total. The number of anilines is 1. The van der Waals surface area contributed by atoms with Crippen molar-refractivity contribution in [2.75, 3.05) is 12.4 Å². The molecule has 1 fully saturated rings. The molecule has 4 rings (SSSR count). The molecule has 9 heteroatoms. The predicted molar refractivity (Wildman–Crippen MR) is 122 cm³/mol. The van der Waals surface area contributed by atoms with Gasteiger partial charge in [0.2, 0.25) is 16.0 Å². The Balaban J connectivity index is 1.40. The van der Waals surface area contributed by atoms with Crippen molar-refractivity contribution in [3.05, 3.63) is 72.1 Å². The number of rotatable bonds is 7. The van der Waals surface area contributed by atoms with Crippen LogP contribution < -0.4 is 5.32 Å². The largest absolute Gasteiger partial charge is 0.289 e. The SMILES string of the molecule is CN(C1CCCCC1)S(=O)(=O)c1ccc(C(=O)Nc2ncn(Cc3ccccc3)n2)cc1. The molecule has 8 nitrogen and oxygen atoms in total. The van der Waals surface area contributed by atoms with Gasteiger partial charge in [-0.3, -0.25) is 10.1 Å². The van der Waals surface area contributed by atoms with Crippen LogP contribution in [0.1, 0.15) is 48.0 Å². The van der Waals surface area contributed by atoms with Gasteiger partial charge in [0.15, 0.2) is 0 Å². The van der Waals surface area contributed by atoms with Crippen molar-refractivity contribution in [3.8, 4) is 0 Å². The summed E-state index contributed by atoms with van der Waals surface area (Å²) in [6, 6.07) is 15.8. The molecule has 1 saturated carbocycles. The second-order valence-corrected chi connectivity index (χ2v) is 10.0. The molecule has 32 heavy (non-hydrogen) atoms. The molecule has 1 aliphatic carbocycles. The van der Waals surface area contributed by atoms with E-state index in [-0.39, 0.29) is 16.9 Å². The van der Waals surface area contributed by atoms with Gasteiger partial charge in [0.1, 0.15) is 6.33 Å². The fourth-order valence-corrected chi connectivity index (χ4v) is 5.37. The molecule has 0 saturated heterocycles. The first-order valence-corrected chi connectivity index (χ1v) is 12.2. The highest BCUT2D eigenvalue weighted by atomic mass is 32.2. The number of carbonyl (C=O) groups is 1. The summed E-state index contributed by atoms with van der Waals surface area (Å²) in [5, 5.41) is 6.93. The summed E-state index contributed by atoms with van der Waals surface area (Å²) in [7, 11) is -1.95. The van der Waals surface area contributed by atoms with Gasteiger partial charge in [-0.05, 0) is 42.7 Å². The van der Waals surface area contributed by atoms with Crippen molar-refractivity contribution in [1.82, 2.24) is 19.1 Å². The fraction of sp³-hybridized carbons (Fsp3) is 0.348. The van der Waals surface area contributed by atoms with E-state index < -0.39 is 15.9 Å². The highest BCUT2D eigenvalue weighted by molar-refractivity contribution is 7.89. The maximum Gasteiger partial charge on any atom is 0.258 e. The number of sulfonamides is 1. The van der Waals surface area contributed by atoms with E-state index in [1.807, 2.05) is 30.3 Å². The quantitative estimate of drug-likeness (QED) is 0.590. The summed E-state index contributed by atoms with van der Waals surface area (Å²) in [6.45, 7) is 0.546. The second-order valence-electron chi connectivity index (χ2n) is 8.04. The van der Waals surface area contributed by atoms with Crippen LogP contribution >= 0.6 is 0 Å². The van der Waals surface area contributed by atoms with Crippen LogP contribution in [0.15, 0.2) is 65.8 Å². The van der Waals surface area contributed by atoms with E-state index in [1.54, 1.807) is 18.1 Å². The Morgan fingerprint density at radius 2 is 1.75 bits per heavy atom. The van der Waals surface area contributed by atoms with Crippen LogP contribution in [0.3, 0.4) is 0 Å². The van der Waals surface area contributed by atoms with Gasteiger partial charge >= 0.3 is 0 Å². The van der Waals surface area contributed by atoms with E-state index in [0.717, 1.165) is 37.7 Å². The molecule has 1 aromatic heterocycles. The lowest BCUT2D eigenvalue weighted by atomic mass is 9.96. The van der Waals surface area contributed by atoms with Gasteiger partial charge in [0.25, 0.3) is 5.91 Å². The first kappa shape index (κ1) is 22.2. The number of hydrogen-bond donors (Lipinski definition) is 1. The van der Waals surface area contributed by atoms with Crippen LogP contribution in [-0.4, -0.2) is 46.5 Å². The Labute approximate surface area is 188 Å². The third-order valence-electron chi connectivity index (χ3n) is 5.83. The van der Waals surface area contributed by atoms with Crippen LogP contribution in [0.5, 0.6) is 0 Å². The standard InChI is InChI=1S/C23H27N5O3S/c1-27(20-10-6-3-7-11-20)32(30,31)21-14-12-19(13-15-21)22(29)25-23-24-17-28(26-23)16-18-8-4-2-5-9-18/h2,4-5,8-9,12-15,17,20H,3,6-7,10-11,16H2,1H3,(H,25,26,29). The average molecular weight is 454 g/mol. The molecule has 168 valence electrons. The number of nitrogens with zero attached hydrogens (tertiary/aromatic N) is 4. The molecule has 0 bridgehead atoms. The van der Waals surface area contributed by atoms with Crippen molar-refractivity contribution in [2.24, 2.45) is 0 Å². The van der Waals surface area contributed by atoms with Gasteiger partial charge < -0.3 is 0 Å². The number of carbonyl (C=O) groups excluding carboxylic acids is 1. The maximum absolute atomic E-state index is 13.0. The zero-order valence-electron chi connectivity index (χ0n) is 18.0. The van der Waals surface area contributed by atoms with E-state index in [2.05, 4.69) is 15.4 Å². The first-order valence-electron chi connectivity index (χ1n) is 10.8. The summed E-state index contributed by atoms with van der Waals surface area (Å²) in [5.74, 6) is -0.202. The van der Waals surface area contributed by atoms with Crippen LogP contribution in [-0.2, 0) is 16.6 Å². The number of hydrogen-bond acceptors (Lipinski definition) is 5. The van der Waals surface area contributed by atoms with Crippen molar-refractivity contribution in [3.63, 3.8) is 0 Å². The zero-order chi connectivity index (χ0) is 22.6. The van der Waals surface area contributed by atoms with Crippen LogP contribution in [0, 0.1) is 0 Å². The smallest absolute Gasteiger partial charge is 0.258 e. The van der Waals surface area contributed by atoms with E-state index in [4.69, 9.17) is 0 Å². The lowest BCUT2D eigenvalue weighted by molar-refractivity contribution is 0.102. The first-order chi connectivity index (χ1) is 15.4. The summed E-state index contributed by atoms with van der Waals surface area (Å²) in [6.07, 6.45) is 6.60. The molecule has 0 spiro atoms. The van der Waals surface area contributed by atoms with Gasteiger partial charge in [0, 0.05) is 18.7 Å². The zero-order valence-corrected chi connectivity index (χ0v) is 18.8. The minimum absolute atomic E-state index is 0.0359. The Hall–Kier alpha value is -3.04. The fourth-order valence-electron chi connectivity index (χ4n) is 3.96. The van der Waals surface area contributed by atoms with Crippen molar-refractivity contribution in [2.45, 2.75) is 49.6 Å². The summed E-state index contributed by atoms with van der Waals surface area (Å²) >= 11 is 0. The van der Waals surface area contributed by atoms with Crippen LogP contribution in [0.4, 0.5) is 5.95 Å². The topological polar surface area (TPSA) is 97.2 Å². The Bertz CT molecular complexity index is 1150. The Kier molecular flexibility index (Phi) is 6.66. The molecule has 0 radical (unpaired) electrons. The van der Waals surface area contributed by atoms with Gasteiger partial charge in [-0.15, -0.1) is 5.10 Å². The third-order valence-corrected chi connectivity index (χ3v) is 7.76. The van der Waals surface area contributed by atoms with E-state index in [0.29, 0.717) is 12.1 Å². The molecule has 3 aromatic rings. The summed E-state index contributed by atoms with van der Waals surface area (Å²) in [5.41, 5.74) is 1.41. The van der Waals surface area contributed by atoms with Gasteiger partial charge in [0.05, 0.1) is 11.4 Å². The minimum Gasteiger partial charge on any atom is -0.289 e.